The molecule has 0 N–H and O–H groups in total. The van der Waals surface area contributed by atoms with E-state index in [2.05, 4.69) is 22.6 Å². The highest BCUT2D eigenvalue weighted by molar-refractivity contribution is 14.1. The van der Waals surface area contributed by atoms with E-state index in [1.807, 2.05) is 6.07 Å². The van der Waals surface area contributed by atoms with Crippen LogP contribution in [0.1, 0.15) is 0 Å². The molecule has 0 saturated heterocycles. The van der Waals surface area contributed by atoms with Crippen LogP contribution in [0.15, 0.2) is 48.5 Å². The van der Waals surface area contributed by atoms with Gasteiger partial charge in [-0.2, -0.15) is 0 Å². The van der Waals surface area contributed by atoms with Crippen LogP contribution < -0.4 is 0 Å². The maximum atomic E-state index is 14.4. The molecule has 1 aromatic heterocycles. The third kappa shape index (κ3) is 2.48. The van der Waals surface area contributed by atoms with Gasteiger partial charge in [0.1, 0.15) is 23.3 Å². The van der Waals surface area contributed by atoms with Gasteiger partial charge in [-0.15, -0.1) is 0 Å². The van der Waals surface area contributed by atoms with Gasteiger partial charge in [0.15, 0.2) is 14.3 Å². The molecule has 120 valence electrons. The van der Waals surface area contributed by atoms with Crippen molar-refractivity contribution in [2.75, 3.05) is 0 Å². The maximum Gasteiger partial charge on any atom is 0.193 e. The van der Waals surface area contributed by atoms with Crippen molar-refractivity contribution in [3.8, 4) is 4.90 Å². The van der Waals surface area contributed by atoms with Crippen molar-refractivity contribution in [3.05, 3.63) is 75.4 Å². The molecule has 0 bridgehead atoms. The fraction of sp³-hybridized carbons (Fsp3) is 0. The fourth-order valence-corrected chi connectivity index (χ4v) is 5.79. The Balaban J connectivity index is 2.24. The number of hydrogen-bond acceptors (Lipinski definition) is 0. The lowest BCUT2D eigenvalue weighted by Gasteiger charge is -1.96. The lowest BCUT2D eigenvalue weighted by Crippen LogP contribution is -1.82. The molecule has 24 heavy (non-hydrogen) atoms. The molecule has 4 rings (SSSR count). The van der Waals surface area contributed by atoms with Gasteiger partial charge in [0, 0.05) is 44.4 Å². The molecule has 0 amide bonds. The number of fused-ring (bicyclic) bond motifs is 3. The third-order valence-electron chi connectivity index (χ3n) is 3.74. The predicted molar refractivity (Wildman–Crippen MR) is 97.8 cm³/mol. The monoisotopic (exact) mass is 459 g/mol. The van der Waals surface area contributed by atoms with Crippen molar-refractivity contribution in [2.45, 2.75) is 0 Å². The van der Waals surface area contributed by atoms with Crippen molar-refractivity contribution in [1.82, 2.24) is 0 Å². The highest BCUT2D eigenvalue weighted by Crippen LogP contribution is 2.49. The zero-order valence-corrected chi connectivity index (χ0v) is 14.9. The molecule has 4 aromatic rings. The van der Waals surface area contributed by atoms with E-state index in [1.54, 1.807) is 12.1 Å². The maximum absolute atomic E-state index is 14.4. The lowest BCUT2D eigenvalue weighted by molar-refractivity contribution is 0.585. The molecular weight excluding hydrogens is 451 g/mol. The van der Waals surface area contributed by atoms with E-state index in [-0.39, 0.29) is 0 Å². The minimum Gasteiger partial charge on any atom is -0.207 e. The summed E-state index contributed by atoms with van der Waals surface area (Å²) in [6.45, 7) is 0. The second-order valence-corrected chi connectivity index (χ2v) is 8.52. The molecule has 0 spiro atoms. The van der Waals surface area contributed by atoms with Gasteiger partial charge < -0.3 is 0 Å². The van der Waals surface area contributed by atoms with E-state index in [4.69, 9.17) is 0 Å². The Labute approximate surface area is 150 Å². The Bertz CT molecular complexity index is 1100. The Hall–Kier alpha value is -1.67. The van der Waals surface area contributed by atoms with Gasteiger partial charge in [0.05, 0.1) is 10.8 Å². The van der Waals surface area contributed by atoms with Gasteiger partial charge in [-0.1, -0.05) is 0 Å². The normalized spacial score (nSPS) is 12.3. The average molecular weight is 459 g/mol. The first-order chi connectivity index (χ1) is 11.4. The molecule has 0 nitrogen and oxygen atoms in total. The van der Waals surface area contributed by atoms with Crippen LogP contribution in [0, 0.1) is 26.8 Å². The number of benzene rings is 3. The second kappa shape index (κ2) is 5.70. The van der Waals surface area contributed by atoms with Crippen LogP contribution in [0.4, 0.5) is 17.6 Å². The summed E-state index contributed by atoms with van der Waals surface area (Å²) in [6, 6.07) is 10.7. The van der Waals surface area contributed by atoms with Gasteiger partial charge in [-0.05, 0) is 40.8 Å². The SMILES string of the molecule is Fc1cc(F)cc(-[s+]2c3ccc(I)cc3c3c(F)cc(F)cc32)c1. The summed E-state index contributed by atoms with van der Waals surface area (Å²) >= 11 is 2.11. The first-order valence-electron chi connectivity index (χ1n) is 6.93. The van der Waals surface area contributed by atoms with E-state index in [0.29, 0.717) is 20.4 Å². The molecule has 3 aromatic carbocycles. The molecule has 0 saturated carbocycles. The average Bonchev–Trinajstić information content (AvgIpc) is 2.79. The van der Waals surface area contributed by atoms with Crippen molar-refractivity contribution in [3.63, 3.8) is 0 Å². The molecule has 1 atom stereocenters. The van der Waals surface area contributed by atoms with E-state index in [9.17, 15) is 17.6 Å². The van der Waals surface area contributed by atoms with Crippen LogP contribution in [0.3, 0.4) is 0 Å². The smallest absolute Gasteiger partial charge is 0.193 e. The number of halogens is 5. The predicted octanol–water partition coefficient (Wildman–Crippen LogP) is 6.89. The number of hydrogen-bond donors (Lipinski definition) is 0. The van der Waals surface area contributed by atoms with E-state index >= 15 is 0 Å². The highest BCUT2D eigenvalue weighted by Gasteiger charge is 2.27. The van der Waals surface area contributed by atoms with Crippen LogP contribution in [0.25, 0.3) is 25.1 Å². The Kier molecular flexibility index (Phi) is 3.76. The highest BCUT2D eigenvalue weighted by atomic mass is 127. The number of rotatable bonds is 1. The molecule has 0 aliphatic heterocycles. The minimum atomic E-state index is -0.953. The minimum absolute atomic E-state index is 0.304. The second-order valence-electron chi connectivity index (χ2n) is 5.31. The Morgan fingerprint density at radius 3 is 2.08 bits per heavy atom. The quantitative estimate of drug-likeness (QED) is 0.165. The molecule has 1 unspecified atom stereocenters. The van der Waals surface area contributed by atoms with E-state index < -0.39 is 33.7 Å². The standard InChI is InChI=1S/C18H8F4IS/c19-9-3-10(20)5-13(4-9)24-16-2-1-12(23)8-14(16)18-15(22)6-11(21)7-17(18)24/h1-8H/q+1. The Morgan fingerprint density at radius 2 is 1.38 bits per heavy atom. The van der Waals surface area contributed by atoms with Crippen LogP contribution in [-0.2, 0) is 0 Å². The van der Waals surface area contributed by atoms with E-state index in [1.165, 1.54) is 18.2 Å². The summed E-state index contributed by atoms with van der Waals surface area (Å²) in [4.78, 5) is 0.360. The summed E-state index contributed by atoms with van der Waals surface area (Å²) < 4.78 is 57.6. The van der Waals surface area contributed by atoms with Crippen LogP contribution in [0.2, 0.25) is 0 Å². The Morgan fingerprint density at radius 1 is 0.708 bits per heavy atom. The zero-order valence-electron chi connectivity index (χ0n) is 11.9. The largest absolute Gasteiger partial charge is 0.207 e. The van der Waals surface area contributed by atoms with E-state index in [0.717, 1.165) is 20.4 Å². The summed E-state index contributed by atoms with van der Waals surface area (Å²) in [6.07, 6.45) is 0. The van der Waals surface area contributed by atoms with Gasteiger partial charge in [-0.25, -0.2) is 17.6 Å². The van der Waals surface area contributed by atoms with Crippen molar-refractivity contribution < 1.29 is 17.6 Å². The summed E-state index contributed by atoms with van der Waals surface area (Å²) in [5, 5.41) is 0.945. The molecule has 0 aliphatic rings. The van der Waals surface area contributed by atoms with Gasteiger partial charge in [-0.3, -0.25) is 0 Å². The molecule has 6 heteroatoms. The molecule has 0 fully saturated rings. The zero-order chi connectivity index (χ0) is 17.0. The summed E-state index contributed by atoms with van der Waals surface area (Å²) in [5.41, 5.74) is 0. The molecule has 0 radical (unpaired) electrons. The van der Waals surface area contributed by atoms with Gasteiger partial charge in [0.2, 0.25) is 0 Å². The van der Waals surface area contributed by atoms with Crippen molar-refractivity contribution >= 4 is 53.2 Å². The van der Waals surface area contributed by atoms with Gasteiger partial charge in [0.25, 0.3) is 0 Å². The van der Waals surface area contributed by atoms with Crippen molar-refractivity contribution in [1.29, 1.82) is 0 Å². The first-order valence-corrected chi connectivity index (χ1v) is 9.24. The molecule has 0 aliphatic carbocycles. The van der Waals surface area contributed by atoms with Crippen LogP contribution >= 0.6 is 33.1 Å². The summed E-state index contributed by atoms with van der Waals surface area (Å²) in [7, 11) is -0.953. The molecule has 1 heterocycles. The fourth-order valence-electron chi connectivity index (χ4n) is 2.87. The number of thiophene rings is 1. The summed E-state index contributed by atoms with van der Waals surface area (Å²) in [5.74, 6) is -2.80. The first kappa shape index (κ1) is 15.8. The van der Waals surface area contributed by atoms with Crippen LogP contribution in [-0.4, -0.2) is 0 Å². The van der Waals surface area contributed by atoms with Crippen LogP contribution in [0.5, 0.6) is 0 Å². The lowest BCUT2D eigenvalue weighted by atomic mass is 10.1. The third-order valence-corrected chi connectivity index (χ3v) is 6.68. The van der Waals surface area contributed by atoms with Gasteiger partial charge >= 0.3 is 0 Å². The topological polar surface area (TPSA) is 0 Å². The van der Waals surface area contributed by atoms with Crippen molar-refractivity contribution in [2.24, 2.45) is 0 Å². The molecular formula is C18H8F4IS+.